The minimum atomic E-state index is 0.802. The number of hydrogen-bond acceptors (Lipinski definition) is 2. The summed E-state index contributed by atoms with van der Waals surface area (Å²) in [6, 6.07) is 14.8. The lowest BCUT2D eigenvalue weighted by Crippen LogP contribution is -2.00. The molecule has 0 bridgehead atoms. The average Bonchev–Trinajstić information content (AvgIpc) is 2.50. The van der Waals surface area contributed by atoms with Gasteiger partial charge in [-0.25, -0.2) is 0 Å². The van der Waals surface area contributed by atoms with Crippen LogP contribution in [0.4, 0.5) is 5.69 Å². The molecule has 0 aliphatic carbocycles. The molecule has 21 heavy (non-hydrogen) atoms. The minimum Gasteiger partial charge on any atom is -0.494 e. The van der Waals surface area contributed by atoms with E-state index < -0.39 is 0 Å². The average molecular weight is 283 g/mol. The van der Waals surface area contributed by atoms with E-state index in [1.807, 2.05) is 12.1 Å². The van der Waals surface area contributed by atoms with Crippen LogP contribution < -0.4 is 10.1 Å². The summed E-state index contributed by atoms with van der Waals surface area (Å²) in [7, 11) is 0. The summed E-state index contributed by atoms with van der Waals surface area (Å²) in [5, 5.41) is 3.46. The Morgan fingerprint density at radius 1 is 0.952 bits per heavy atom. The maximum absolute atomic E-state index is 5.67. The third-order valence-electron chi connectivity index (χ3n) is 3.69. The summed E-state index contributed by atoms with van der Waals surface area (Å²) in [6.45, 7) is 8.08. The molecule has 112 valence electrons. The van der Waals surface area contributed by atoms with E-state index in [1.165, 1.54) is 22.4 Å². The standard InChI is InChI=1S/C19H25NO/c1-4-5-12-21-19-10-7-17(8-11-19)14-20-18-9-6-15(2)16(3)13-18/h6-11,13,20H,4-5,12,14H2,1-3H3. The van der Waals surface area contributed by atoms with Crippen molar-refractivity contribution >= 4 is 5.69 Å². The Hall–Kier alpha value is -1.96. The Morgan fingerprint density at radius 3 is 2.38 bits per heavy atom. The zero-order valence-corrected chi connectivity index (χ0v) is 13.3. The van der Waals surface area contributed by atoms with Crippen molar-refractivity contribution in [1.29, 1.82) is 0 Å². The first-order chi connectivity index (χ1) is 10.2. The molecule has 0 aliphatic heterocycles. The minimum absolute atomic E-state index is 0.802. The van der Waals surface area contributed by atoms with E-state index in [4.69, 9.17) is 4.74 Å². The fourth-order valence-corrected chi connectivity index (χ4v) is 2.09. The fraction of sp³-hybridized carbons (Fsp3) is 0.368. The predicted molar refractivity (Wildman–Crippen MR) is 90.1 cm³/mol. The van der Waals surface area contributed by atoms with Crippen LogP contribution in [0.25, 0.3) is 0 Å². The van der Waals surface area contributed by atoms with Crippen molar-refractivity contribution in [2.45, 2.75) is 40.2 Å². The number of nitrogens with one attached hydrogen (secondary N) is 1. The molecule has 0 radical (unpaired) electrons. The third kappa shape index (κ3) is 4.82. The highest BCUT2D eigenvalue weighted by Gasteiger charge is 1.98. The zero-order valence-electron chi connectivity index (χ0n) is 13.3. The van der Waals surface area contributed by atoms with Gasteiger partial charge in [-0.05, 0) is 61.2 Å². The number of anilines is 1. The van der Waals surface area contributed by atoms with Crippen LogP contribution in [0.3, 0.4) is 0 Å². The van der Waals surface area contributed by atoms with Gasteiger partial charge in [0.2, 0.25) is 0 Å². The lowest BCUT2D eigenvalue weighted by Gasteiger charge is -2.10. The predicted octanol–water partition coefficient (Wildman–Crippen LogP) is 5.09. The molecule has 2 rings (SSSR count). The van der Waals surface area contributed by atoms with E-state index >= 15 is 0 Å². The van der Waals surface area contributed by atoms with Crippen LogP contribution in [-0.2, 0) is 6.54 Å². The normalized spacial score (nSPS) is 10.4. The van der Waals surface area contributed by atoms with Crippen molar-refractivity contribution in [2.75, 3.05) is 11.9 Å². The van der Waals surface area contributed by atoms with Crippen molar-refractivity contribution in [3.63, 3.8) is 0 Å². The van der Waals surface area contributed by atoms with Crippen molar-refractivity contribution in [3.05, 3.63) is 59.2 Å². The number of ether oxygens (including phenoxy) is 1. The molecule has 0 saturated carbocycles. The first kappa shape index (κ1) is 15.4. The van der Waals surface area contributed by atoms with Crippen LogP contribution in [0, 0.1) is 13.8 Å². The Labute approximate surface area is 128 Å². The molecule has 2 aromatic carbocycles. The zero-order chi connectivity index (χ0) is 15.1. The molecule has 2 aromatic rings. The molecular formula is C19H25NO. The Balaban J connectivity index is 1.86. The fourth-order valence-electron chi connectivity index (χ4n) is 2.09. The molecule has 0 spiro atoms. The maximum Gasteiger partial charge on any atom is 0.119 e. The van der Waals surface area contributed by atoms with E-state index in [1.54, 1.807) is 0 Å². The van der Waals surface area contributed by atoms with Gasteiger partial charge in [0.15, 0.2) is 0 Å². The summed E-state index contributed by atoms with van der Waals surface area (Å²) >= 11 is 0. The first-order valence-corrected chi connectivity index (χ1v) is 7.72. The topological polar surface area (TPSA) is 21.3 Å². The van der Waals surface area contributed by atoms with E-state index in [0.717, 1.165) is 31.7 Å². The van der Waals surface area contributed by atoms with Gasteiger partial charge < -0.3 is 10.1 Å². The maximum atomic E-state index is 5.67. The highest BCUT2D eigenvalue weighted by molar-refractivity contribution is 5.48. The Morgan fingerprint density at radius 2 is 1.71 bits per heavy atom. The molecule has 0 saturated heterocycles. The molecule has 0 fully saturated rings. The number of aryl methyl sites for hydroxylation is 2. The highest BCUT2D eigenvalue weighted by Crippen LogP contribution is 2.17. The second-order valence-corrected chi connectivity index (χ2v) is 5.50. The van der Waals surface area contributed by atoms with Gasteiger partial charge in [0.05, 0.1) is 6.61 Å². The second-order valence-electron chi connectivity index (χ2n) is 5.50. The molecule has 2 nitrogen and oxygen atoms in total. The van der Waals surface area contributed by atoms with Crippen LogP contribution in [0.2, 0.25) is 0 Å². The van der Waals surface area contributed by atoms with Gasteiger partial charge in [0, 0.05) is 12.2 Å². The molecule has 0 heterocycles. The molecule has 0 amide bonds. The van der Waals surface area contributed by atoms with Crippen LogP contribution in [0.1, 0.15) is 36.5 Å². The van der Waals surface area contributed by atoms with Crippen LogP contribution in [0.5, 0.6) is 5.75 Å². The van der Waals surface area contributed by atoms with Crippen molar-refractivity contribution in [1.82, 2.24) is 0 Å². The first-order valence-electron chi connectivity index (χ1n) is 7.72. The molecule has 1 N–H and O–H groups in total. The van der Waals surface area contributed by atoms with E-state index in [9.17, 15) is 0 Å². The summed E-state index contributed by atoms with van der Waals surface area (Å²) in [6.07, 6.45) is 2.27. The van der Waals surface area contributed by atoms with Gasteiger partial charge in [-0.1, -0.05) is 31.5 Å². The summed E-state index contributed by atoms with van der Waals surface area (Å²) in [5.74, 6) is 0.957. The number of rotatable bonds is 7. The SMILES string of the molecule is CCCCOc1ccc(CNc2ccc(C)c(C)c2)cc1. The Bertz CT molecular complexity index is 560. The summed E-state index contributed by atoms with van der Waals surface area (Å²) in [5.41, 5.74) is 5.08. The number of unbranched alkanes of at least 4 members (excludes halogenated alkanes) is 1. The van der Waals surface area contributed by atoms with Crippen molar-refractivity contribution in [3.8, 4) is 5.75 Å². The monoisotopic (exact) mass is 283 g/mol. The molecule has 0 aliphatic rings. The third-order valence-corrected chi connectivity index (χ3v) is 3.69. The lowest BCUT2D eigenvalue weighted by atomic mass is 10.1. The summed E-state index contributed by atoms with van der Waals surface area (Å²) in [4.78, 5) is 0. The smallest absolute Gasteiger partial charge is 0.119 e. The van der Waals surface area contributed by atoms with Gasteiger partial charge in [-0.15, -0.1) is 0 Å². The van der Waals surface area contributed by atoms with E-state index in [2.05, 4.69) is 56.4 Å². The van der Waals surface area contributed by atoms with E-state index in [-0.39, 0.29) is 0 Å². The largest absolute Gasteiger partial charge is 0.494 e. The molecule has 0 atom stereocenters. The molecular weight excluding hydrogens is 258 g/mol. The second kappa shape index (κ2) is 7.72. The van der Waals surface area contributed by atoms with Crippen LogP contribution in [0.15, 0.2) is 42.5 Å². The van der Waals surface area contributed by atoms with Gasteiger partial charge in [0.25, 0.3) is 0 Å². The van der Waals surface area contributed by atoms with Gasteiger partial charge >= 0.3 is 0 Å². The molecule has 0 aromatic heterocycles. The number of hydrogen-bond donors (Lipinski definition) is 1. The van der Waals surface area contributed by atoms with Crippen LogP contribution in [-0.4, -0.2) is 6.61 Å². The number of benzene rings is 2. The summed E-state index contributed by atoms with van der Waals surface area (Å²) < 4.78 is 5.67. The van der Waals surface area contributed by atoms with Gasteiger partial charge in [-0.2, -0.15) is 0 Å². The van der Waals surface area contributed by atoms with E-state index in [0.29, 0.717) is 0 Å². The van der Waals surface area contributed by atoms with Gasteiger partial charge in [0.1, 0.15) is 5.75 Å². The Kier molecular flexibility index (Phi) is 5.68. The van der Waals surface area contributed by atoms with Crippen molar-refractivity contribution in [2.24, 2.45) is 0 Å². The lowest BCUT2D eigenvalue weighted by molar-refractivity contribution is 0.309. The quantitative estimate of drug-likeness (QED) is 0.714. The molecule has 2 heteroatoms. The highest BCUT2D eigenvalue weighted by atomic mass is 16.5. The van der Waals surface area contributed by atoms with Gasteiger partial charge in [-0.3, -0.25) is 0 Å². The van der Waals surface area contributed by atoms with Crippen LogP contribution >= 0.6 is 0 Å². The van der Waals surface area contributed by atoms with Crippen molar-refractivity contribution < 1.29 is 4.74 Å². The molecule has 0 unspecified atom stereocenters.